The Labute approximate surface area is 307 Å². The minimum atomic E-state index is -1.53. The van der Waals surface area contributed by atoms with Gasteiger partial charge in [-0.05, 0) is 104 Å². The first-order valence-electron chi connectivity index (χ1n) is 18.0. The van der Waals surface area contributed by atoms with Crippen molar-refractivity contribution in [2.45, 2.75) is 36.8 Å². The van der Waals surface area contributed by atoms with Crippen LogP contribution >= 0.6 is 0 Å². The third-order valence-electron chi connectivity index (χ3n) is 10.8. The summed E-state index contributed by atoms with van der Waals surface area (Å²) in [6, 6.07) is 34.8. The molecule has 1 spiro atoms. The van der Waals surface area contributed by atoms with Gasteiger partial charge in [-0.1, -0.05) is 78.9 Å². The number of aromatic nitrogens is 1. The number of carbonyl (C=O) groups is 2. The van der Waals surface area contributed by atoms with Gasteiger partial charge in [0.1, 0.15) is 23.9 Å². The number of halogens is 2. The number of pyridine rings is 1. The van der Waals surface area contributed by atoms with Crippen molar-refractivity contribution in [1.29, 1.82) is 0 Å². The number of amidine groups is 1. The average molecular weight is 712 g/mol. The summed E-state index contributed by atoms with van der Waals surface area (Å²) in [6.45, 7) is 3.61. The number of fused-ring (bicyclic) bond motifs is 2. The second kappa shape index (κ2) is 14.4. The Balaban J connectivity index is 0.973. The Morgan fingerprint density at radius 3 is 2.06 bits per heavy atom. The van der Waals surface area contributed by atoms with Gasteiger partial charge in [-0.15, -0.1) is 0 Å². The molecule has 10 heteroatoms. The minimum Gasteiger partial charge on any atom is -0.444 e. The van der Waals surface area contributed by atoms with Gasteiger partial charge in [-0.25, -0.2) is 18.6 Å². The highest BCUT2D eigenvalue weighted by atomic mass is 19.1. The summed E-state index contributed by atoms with van der Waals surface area (Å²) in [5, 5.41) is 0. The Kier molecular flexibility index (Phi) is 9.30. The van der Waals surface area contributed by atoms with Gasteiger partial charge in [0.15, 0.2) is 11.4 Å². The summed E-state index contributed by atoms with van der Waals surface area (Å²) in [6.07, 6.45) is 3.76. The van der Waals surface area contributed by atoms with Crippen molar-refractivity contribution in [2.24, 2.45) is 4.99 Å². The molecule has 268 valence electrons. The van der Waals surface area contributed by atoms with E-state index in [4.69, 9.17) is 9.73 Å². The van der Waals surface area contributed by atoms with E-state index in [1.165, 1.54) is 29.8 Å². The number of hydrogen-bond donors (Lipinski definition) is 0. The van der Waals surface area contributed by atoms with E-state index < -0.39 is 17.2 Å². The molecular formula is C43H39F2N5O3. The van der Waals surface area contributed by atoms with Crippen molar-refractivity contribution < 1.29 is 23.1 Å². The summed E-state index contributed by atoms with van der Waals surface area (Å²) < 4.78 is 34.0. The Bertz CT molecular complexity index is 2070. The van der Waals surface area contributed by atoms with Crippen LogP contribution in [0, 0.1) is 11.6 Å². The van der Waals surface area contributed by atoms with Crippen LogP contribution in [-0.4, -0.2) is 65.3 Å². The number of para-hydroxylation sites is 1. The molecule has 0 bridgehead atoms. The quantitative estimate of drug-likeness (QED) is 0.159. The predicted octanol–water partition coefficient (Wildman–Crippen LogP) is 7.47. The lowest BCUT2D eigenvalue weighted by Gasteiger charge is -2.40. The molecule has 2 amide bonds. The van der Waals surface area contributed by atoms with E-state index in [1.807, 2.05) is 60.7 Å². The van der Waals surface area contributed by atoms with Gasteiger partial charge in [0.25, 0.3) is 5.91 Å². The lowest BCUT2D eigenvalue weighted by atomic mass is 9.74. The molecule has 8 nitrogen and oxygen atoms in total. The predicted molar refractivity (Wildman–Crippen MR) is 198 cm³/mol. The van der Waals surface area contributed by atoms with Crippen LogP contribution in [0.3, 0.4) is 0 Å². The van der Waals surface area contributed by atoms with Crippen molar-refractivity contribution in [3.05, 3.63) is 167 Å². The Morgan fingerprint density at radius 2 is 1.40 bits per heavy atom. The zero-order chi connectivity index (χ0) is 36.4. The molecule has 3 aliphatic rings. The molecule has 0 atom stereocenters. The second-order valence-electron chi connectivity index (χ2n) is 14.0. The van der Waals surface area contributed by atoms with Crippen LogP contribution in [0.1, 0.15) is 47.2 Å². The topological polar surface area (TPSA) is 78.3 Å². The smallest absolute Gasteiger partial charge is 0.414 e. The maximum absolute atomic E-state index is 14.7. The highest BCUT2D eigenvalue weighted by molar-refractivity contribution is 6.16. The number of anilines is 1. The van der Waals surface area contributed by atoms with E-state index in [9.17, 15) is 18.4 Å². The molecule has 5 aromatic rings. The fraction of sp³-hybridized carbons (Fsp3) is 0.256. The van der Waals surface area contributed by atoms with E-state index in [-0.39, 0.29) is 24.0 Å². The molecular weight excluding hydrogens is 673 g/mol. The number of nitrogens with zero attached hydrogens (tertiary/aromatic N) is 5. The van der Waals surface area contributed by atoms with Gasteiger partial charge in [0.2, 0.25) is 0 Å². The summed E-state index contributed by atoms with van der Waals surface area (Å²) in [5.41, 5.74) is 2.88. The van der Waals surface area contributed by atoms with Crippen molar-refractivity contribution in [1.82, 2.24) is 14.8 Å². The summed E-state index contributed by atoms with van der Waals surface area (Å²) in [5.74, 6) is -0.738. The van der Waals surface area contributed by atoms with Gasteiger partial charge in [-0.3, -0.25) is 19.6 Å². The third kappa shape index (κ3) is 6.48. The number of amides is 2. The molecule has 0 saturated carbocycles. The number of rotatable bonds is 9. The first kappa shape index (κ1) is 34.4. The van der Waals surface area contributed by atoms with E-state index in [2.05, 4.69) is 16.0 Å². The third-order valence-corrected chi connectivity index (χ3v) is 10.8. The van der Waals surface area contributed by atoms with Crippen molar-refractivity contribution >= 4 is 23.5 Å². The molecule has 0 unspecified atom stereocenters. The summed E-state index contributed by atoms with van der Waals surface area (Å²) in [7, 11) is 0. The van der Waals surface area contributed by atoms with Crippen LogP contribution < -0.4 is 4.90 Å². The first-order chi connectivity index (χ1) is 25.9. The standard InChI is InChI=1S/C43H39F2N5O3/c44-34-18-14-32(15-19-34)43(33-16-20-35(45)21-17-33)40(51)49(39(47-43)37-12-6-7-24-46-37)26-8-25-48-27-22-42(23-28-48)30-50(38-13-5-4-11-36(38)42)41(52)53-29-31-9-2-1-3-10-31/h1-7,9-21,24H,8,22-23,25-30H2. The zero-order valence-corrected chi connectivity index (χ0v) is 29.2. The number of aliphatic imine (C=N–C) groups is 1. The van der Waals surface area contributed by atoms with E-state index in [0.29, 0.717) is 42.2 Å². The van der Waals surface area contributed by atoms with Crippen LogP contribution in [0.5, 0.6) is 0 Å². The number of hydrogen-bond acceptors (Lipinski definition) is 6. The molecule has 0 radical (unpaired) electrons. The summed E-state index contributed by atoms with van der Waals surface area (Å²) in [4.78, 5) is 43.6. The number of benzene rings is 4. The van der Waals surface area contributed by atoms with Crippen molar-refractivity contribution in [3.8, 4) is 0 Å². The number of ether oxygens (including phenoxy) is 1. The van der Waals surface area contributed by atoms with Crippen LogP contribution in [0.4, 0.5) is 19.3 Å². The average Bonchev–Trinajstić information content (AvgIpc) is 3.68. The van der Waals surface area contributed by atoms with Crippen LogP contribution in [0.2, 0.25) is 0 Å². The van der Waals surface area contributed by atoms with E-state index in [0.717, 1.165) is 43.7 Å². The SMILES string of the molecule is O=C(OCc1ccccc1)N1CC2(CCN(CCCN3C(=O)C(c4ccc(F)cc4)(c4ccc(F)cc4)N=C3c3ccccn3)CC2)c2ccccc21. The lowest BCUT2D eigenvalue weighted by Crippen LogP contribution is -2.47. The first-order valence-corrected chi connectivity index (χ1v) is 18.0. The number of likely N-dealkylation sites (tertiary alicyclic amines) is 1. The summed E-state index contributed by atoms with van der Waals surface area (Å²) >= 11 is 0. The maximum atomic E-state index is 14.7. The highest BCUT2D eigenvalue weighted by Gasteiger charge is 2.52. The van der Waals surface area contributed by atoms with Gasteiger partial charge >= 0.3 is 6.09 Å². The van der Waals surface area contributed by atoms with E-state index in [1.54, 1.807) is 46.3 Å². The van der Waals surface area contributed by atoms with E-state index >= 15 is 0 Å². The molecule has 3 aliphatic heterocycles. The molecule has 4 heterocycles. The molecule has 4 aromatic carbocycles. The highest BCUT2D eigenvalue weighted by Crippen LogP contribution is 2.47. The number of carbonyl (C=O) groups excluding carboxylic acids is 2. The van der Waals surface area contributed by atoms with Crippen molar-refractivity contribution in [3.63, 3.8) is 0 Å². The number of piperidine rings is 1. The minimum absolute atomic E-state index is 0.160. The molecule has 1 aromatic heterocycles. The van der Waals surface area contributed by atoms with Gasteiger partial charge in [0, 0.05) is 24.7 Å². The molecule has 53 heavy (non-hydrogen) atoms. The molecule has 1 saturated heterocycles. The molecule has 0 N–H and O–H groups in total. The maximum Gasteiger partial charge on any atom is 0.414 e. The molecule has 8 rings (SSSR count). The van der Waals surface area contributed by atoms with Crippen molar-refractivity contribution in [2.75, 3.05) is 37.6 Å². The fourth-order valence-corrected chi connectivity index (χ4v) is 8.06. The largest absolute Gasteiger partial charge is 0.444 e. The van der Waals surface area contributed by atoms with Crippen LogP contribution in [-0.2, 0) is 27.1 Å². The van der Waals surface area contributed by atoms with Gasteiger partial charge in [0.05, 0.1) is 5.69 Å². The van der Waals surface area contributed by atoms with Gasteiger partial charge in [-0.2, -0.15) is 0 Å². The van der Waals surface area contributed by atoms with Gasteiger partial charge < -0.3 is 9.64 Å². The second-order valence-corrected chi connectivity index (χ2v) is 14.0. The normalized spacial score (nSPS) is 17.5. The Morgan fingerprint density at radius 1 is 0.755 bits per heavy atom. The molecule has 1 fully saturated rings. The lowest BCUT2D eigenvalue weighted by molar-refractivity contribution is -0.130. The molecule has 0 aliphatic carbocycles. The monoisotopic (exact) mass is 711 g/mol. The van der Waals surface area contributed by atoms with Crippen LogP contribution in [0.25, 0.3) is 0 Å². The fourth-order valence-electron chi connectivity index (χ4n) is 8.06. The Hall–Kier alpha value is -5.74. The zero-order valence-electron chi connectivity index (χ0n) is 29.2. The van der Waals surface area contributed by atoms with Crippen LogP contribution in [0.15, 0.2) is 133 Å².